The Hall–Kier alpha value is -2.73. The smallest absolute Gasteiger partial charge is 0.254 e. The van der Waals surface area contributed by atoms with Crippen molar-refractivity contribution in [3.05, 3.63) is 69.4 Å². The Labute approximate surface area is 165 Å². The fourth-order valence-corrected chi connectivity index (χ4v) is 3.86. The van der Waals surface area contributed by atoms with Gasteiger partial charge in [0, 0.05) is 30.4 Å². The summed E-state index contributed by atoms with van der Waals surface area (Å²) >= 11 is 0. The van der Waals surface area contributed by atoms with Crippen molar-refractivity contribution in [2.24, 2.45) is 0 Å². The highest BCUT2D eigenvalue weighted by molar-refractivity contribution is 5.56. The van der Waals surface area contributed by atoms with Gasteiger partial charge in [-0.15, -0.1) is 0 Å². The van der Waals surface area contributed by atoms with Crippen molar-refractivity contribution in [1.82, 2.24) is 25.1 Å². The number of aryl methyl sites for hydroxylation is 1. The van der Waals surface area contributed by atoms with Crippen LogP contribution < -0.4 is 5.56 Å². The molecule has 4 rings (SSSR count). The summed E-state index contributed by atoms with van der Waals surface area (Å²) in [4.78, 5) is 22.7. The van der Waals surface area contributed by atoms with Gasteiger partial charge in [-0.2, -0.15) is 5.10 Å². The van der Waals surface area contributed by atoms with Gasteiger partial charge in [0.25, 0.3) is 5.56 Å². The number of hydrogen-bond donors (Lipinski definition) is 2. The number of rotatable bonds is 6. The molecule has 0 radical (unpaired) electrons. The van der Waals surface area contributed by atoms with E-state index in [0.717, 1.165) is 62.0 Å². The normalized spacial score (nSPS) is 14.1. The molecule has 0 saturated carbocycles. The van der Waals surface area contributed by atoms with Crippen molar-refractivity contribution in [2.75, 3.05) is 13.6 Å². The maximum atomic E-state index is 12.6. The Balaban J connectivity index is 1.50. The van der Waals surface area contributed by atoms with E-state index in [1.54, 1.807) is 0 Å². The van der Waals surface area contributed by atoms with Crippen molar-refractivity contribution in [3.63, 3.8) is 0 Å². The predicted octanol–water partition coefficient (Wildman–Crippen LogP) is 3.10. The van der Waals surface area contributed by atoms with Crippen LogP contribution in [0.2, 0.25) is 0 Å². The predicted molar refractivity (Wildman–Crippen MR) is 110 cm³/mol. The third kappa shape index (κ3) is 4.39. The van der Waals surface area contributed by atoms with Crippen LogP contribution in [0.1, 0.15) is 41.6 Å². The summed E-state index contributed by atoms with van der Waals surface area (Å²) in [5.41, 5.74) is 5.31. The molecule has 0 bridgehead atoms. The van der Waals surface area contributed by atoms with E-state index in [1.807, 2.05) is 24.5 Å². The van der Waals surface area contributed by atoms with Crippen LogP contribution in [-0.4, -0.2) is 38.7 Å². The first-order valence-corrected chi connectivity index (χ1v) is 10.1. The standard InChI is InChI=1S/C22H27N5O/c1-27(11-10-17-13-23-24-14-17)15-16-6-5-7-18(12-16)21-25-20-9-4-2-3-8-19(20)22(28)26-21/h5-7,12-14H,2-4,8-11,15H2,1H3,(H,23,24)(H,25,26,28). The minimum absolute atomic E-state index is 0.0320. The third-order valence-electron chi connectivity index (χ3n) is 5.43. The van der Waals surface area contributed by atoms with Crippen molar-refractivity contribution in [1.29, 1.82) is 0 Å². The lowest BCUT2D eigenvalue weighted by Gasteiger charge is -2.17. The second-order valence-corrected chi connectivity index (χ2v) is 7.70. The fraction of sp³-hybridized carbons (Fsp3) is 0.409. The average Bonchev–Trinajstić information content (AvgIpc) is 3.10. The van der Waals surface area contributed by atoms with Crippen LogP contribution >= 0.6 is 0 Å². The monoisotopic (exact) mass is 377 g/mol. The molecule has 2 N–H and O–H groups in total. The molecule has 0 aliphatic heterocycles. The summed E-state index contributed by atoms with van der Waals surface area (Å²) in [6.45, 7) is 1.80. The molecule has 0 atom stereocenters. The van der Waals surface area contributed by atoms with Crippen LogP contribution in [0.4, 0.5) is 0 Å². The number of benzene rings is 1. The van der Waals surface area contributed by atoms with Gasteiger partial charge in [-0.05, 0) is 56.3 Å². The lowest BCUT2D eigenvalue weighted by atomic mass is 10.1. The van der Waals surface area contributed by atoms with Crippen LogP contribution in [0.25, 0.3) is 11.4 Å². The number of H-pyrrole nitrogens is 2. The van der Waals surface area contributed by atoms with E-state index in [0.29, 0.717) is 5.82 Å². The molecule has 1 aromatic carbocycles. The van der Waals surface area contributed by atoms with Gasteiger partial charge in [-0.25, -0.2) is 4.98 Å². The quantitative estimate of drug-likeness (QED) is 0.647. The van der Waals surface area contributed by atoms with Gasteiger partial charge in [0.05, 0.1) is 11.9 Å². The minimum Gasteiger partial charge on any atom is -0.306 e. The zero-order chi connectivity index (χ0) is 19.3. The number of hydrogen-bond acceptors (Lipinski definition) is 4. The second kappa shape index (κ2) is 8.52. The molecule has 2 heterocycles. The maximum Gasteiger partial charge on any atom is 0.254 e. The molecule has 0 spiro atoms. The van der Waals surface area contributed by atoms with Gasteiger partial charge in [0.1, 0.15) is 5.82 Å². The highest BCUT2D eigenvalue weighted by atomic mass is 16.1. The average molecular weight is 377 g/mol. The van der Waals surface area contributed by atoms with Gasteiger partial charge >= 0.3 is 0 Å². The number of likely N-dealkylation sites (N-methyl/N-ethyl adjacent to an activating group) is 1. The summed E-state index contributed by atoms with van der Waals surface area (Å²) in [5, 5.41) is 6.85. The summed E-state index contributed by atoms with van der Waals surface area (Å²) < 4.78 is 0. The van der Waals surface area contributed by atoms with Crippen LogP contribution in [0.3, 0.4) is 0 Å². The van der Waals surface area contributed by atoms with Crippen molar-refractivity contribution in [2.45, 2.75) is 45.1 Å². The molecule has 6 heteroatoms. The molecular weight excluding hydrogens is 350 g/mol. The Bertz CT molecular complexity index is 977. The Kier molecular flexibility index (Phi) is 5.67. The largest absolute Gasteiger partial charge is 0.306 e. The van der Waals surface area contributed by atoms with Crippen LogP contribution in [-0.2, 0) is 25.8 Å². The van der Waals surface area contributed by atoms with E-state index < -0.39 is 0 Å². The lowest BCUT2D eigenvalue weighted by molar-refractivity contribution is 0.331. The van der Waals surface area contributed by atoms with E-state index in [2.05, 4.69) is 39.3 Å². The van der Waals surface area contributed by atoms with Crippen molar-refractivity contribution < 1.29 is 0 Å². The van der Waals surface area contributed by atoms with E-state index in [9.17, 15) is 4.79 Å². The molecule has 146 valence electrons. The Morgan fingerprint density at radius 1 is 1.14 bits per heavy atom. The highest BCUT2D eigenvalue weighted by Gasteiger charge is 2.15. The maximum absolute atomic E-state index is 12.6. The summed E-state index contributed by atoms with van der Waals surface area (Å²) in [7, 11) is 2.12. The molecule has 28 heavy (non-hydrogen) atoms. The van der Waals surface area contributed by atoms with Crippen LogP contribution in [0.5, 0.6) is 0 Å². The number of nitrogens with one attached hydrogen (secondary N) is 2. The number of aromatic nitrogens is 4. The van der Waals surface area contributed by atoms with Crippen LogP contribution in [0, 0.1) is 0 Å². The van der Waals surface area contributed by atoms with Crippen molar-refractivity contribution >= 4 is 0 Å². The molecule has 0 fully saturated rings. The first kappa shape index (κ1) is 18.6. The number of fused-ring (bicyclic) bond motifs is 1. The van der Waals surface area contributed by atoms with E-state index in [4.69, 9.17) is 4.98 Å². The molecular formula is C22H27N5O. The molecule has 1 aliphatic carbocycles. The fourth-order valence-electron chi connectivity index (χ4n) is 3.86. The molecule has 0 saturated heterocycles. The zero-order valence-electron chi connectivity index (χ0n) is 16.4. The molecule has 1 aliphatic rings. The molecule has 2 aromatic heterocycles. The van der Waals surface area contributed by atoms with E-state index in [-0.39, 0.29) is 5.56 Å². The molecule has 3 aromatic rings. The zero-order valence-corrected chi connectivity index (χ0v) is 16.4. The van der Waals surface area contributed by atoms with Gasteiger partial charge in [-0.3, -0.25) is 9.89 Å². The second-order valence-electron chi connectivity index (χ2n) is 7.70. The molecule has 0 amide bonds. The Morgan fingerprint density at radius 2 is 2.04 bits per heavy atom. The number of nitrogens with zero attached hydrogens (tertiary/aromatic N) is 3. The molecule has 0 unspecified atom stereocenters. The van der Waals surface area contributed by atoms with Gasteiger partial charge in [-0.1, -0.05) is 24.6 Å². The Morgan fingerprint density at radius 3 is 2.89 bits per heavy atom. The lowest BCUT2D eigenvalue weighted by Crippen LogP contribution is -2.20. The van der Waals surface area contributed by atoms with Crippen molar-refractivity contribution in [3.8, 4) is 11.4 Å². The minimum atomic E-state index is 0.0320. The first-order chi connectivity index (χ1) is 13.7. The summed E-state index contributed by atoms with van der Waals surface area (Å²) in [6, 6.07) is 8.33. The summed E-state index contributed by atoms with van der Waals surface area (Å²) in [5.74, 6) is 0.688. The van der Waals surface area contributed by atoms with Gasteiger partial charge < -0.3 is 9.88 Å². The van der Waals surface area contributed by atoms with Crippen LogP contribution in [0.15, 0.2) is 41.5 Å². The van der Waals surface area contributed by atoms with E-state index >= 15 is 0 Å². The highest BCUT2D eigenvalue weighted by Crippen LogP contribution is 2.21. The SMILES string of the molecule is CN(CCc1cn[nH]c1)Cc1cccc(-c2nc3c(c(=O)[nH]2)CCCCC3)c1. The molecule has 6 nitrogen and oxygen atoms in total. The topological polar surface area (TPSA) is 77.7 Å². The third-order valence-corrected chi connectivity index (χ3v) is 5.43. The summed E-state index contributed by atoms with van der Waals surface area (Å²) in [6.07, 6.45) is 9.89. The number of aromatic amines is 2. The first-order valence-electron chi connectivity index (χ1n) is 10.1. The van der Waals surface area contributed by atoms with Gasteiger partial charge in [0.15, 0.2) is 0 Å². The van der Waals surface area contributed by atoms with Gasteiger partial charge in [0.2, 0.25) is 0 Å². The van der Waals surface area contributed by atoms with E-state index in [1.165, 1.54) is 17.5 Å².